The smallest absolute Gasteiger partial charge is 0.236 e. The fraction of sp³-hybridized carbons (Fsp3) is 0.611. The number of morpholine rings is 1. The zero-order valence-electron chi connectivity index (χ0n) is 14.7. The summed E-state index contributed by atoms with van der Waals surface area (Å²) in [6.07, 6.45) is 0.196. The number of fused-ring (bicyclic) bond motifs is 1. The van der Waals surface area contributed by atoms with Gasteiger partial charge in [0.25, 0.3) is 0 Å². The van der Waals surface area contributed by atoms with Crippen molar-refractivity contribution in [3.63, 3.8) is 0 Å². The quantitative estimate of drug-likeness (QED) is 0.836. The fourth-order valence-electron chi connectivity index (χ4n) is 3.27. The minimum atomic E-state index is 0.0980. The largest absolute Gasteiger partial charge is 0.486 e. The van der Waals surface area contributed by atoms with E-state index in [-0.39, 0.29) is 18.1 Å². The standard InChI is InChI=1S/C18H26N2O4/c1-13-9-20(10-14(2)24-13)18(21)12-19(3)11-15-4-5-16-17(8-15)23-7-6-22-16/h4-5,8,13-14H,6-7,9-12H2,1-3H3. The van der Waals surface area contributed by atoms with Crippen LogP contribution in [-0.2, 0) is 16.1 Å². The van der Waals surface area contributed by atoms with Crippen LogP contribution in [0.3, 0.4) is 0 Å². The molecule has 0 radical (unpaired) electrons. The summed E-state index contributed by atoms with van der Waals surface area (Å²) >= 11 is 0. The lowest BCUT2D eigenvalue weighted by Gasteiger charge is -2.36. The zero-order valence-corrected chi connectivity index (χ0v) is 14.7. The third kappa shape index (κ3) is 4.19. The fourth-order valence-corrected chi connectivity index (χ4v) is 3.27. The van der Waals surface area contributed by atoms with Gasteiger partial charge in [0.05, 0.1) is 18.8 Å². The van der Waals surface area contributed by atoms with Crippen LogP contribution >= 0.6 is 0 Å². The molecule has 1 saturated heterocycles. The van der Waals surface area contributed by atoms with Crippen LogP contribution in [0.1, 0.15) is 19.4 Å². The third-order valence-corrected chi connectivity index (χ3v) is 4.24. The number of hydrogen-bond acceptors (Lipinski definition) is 5. The van der Waals surface area contributed by atoms with Crippen LogP contribution in [0.25, 0.3) is 0 Å². The Labute approximate surface area is 143 Å². The molecule has 2 aliphatic heterocycles. The molecule has 6 heteroatoms. The monoisotopic (exact) mass is 334 g/mol. The van der Waals surface area contributed by atoms with Crippen LogP contribution in [0.5, 0.6) is 11.5 Å². The van der Waals surface area contributed by atoms with Gasteiger partial charge in [-0.25, -0.2) is 0 Å². The highest BCUT2D eigenvalue weighted by Gasteiger charge is 2.26. The molecule has 2 heterocycles. The number of carbonyl (C=O) groups excluding carboxylic acids is 1. The Morgan fingerprint density at radius 1 is 1.17 bits per heavy atom. The van der Waals surface area contributed by atoms with Gasteiger partial charge in [-0.05, 0) is 38.6 Å². The molecule has 1 aromatic carbocycles. The first-order valence-electron chi connectivity index (χ1n) is 8.51. The molecule has 1 fully saturated rings. The summed E-state index contributed by atoms with van der Waals surface area (Å²) in [5.41, 5.74) is 1.11. The van der Waals surface area contributed by atoms with Crippen LogP contribution in [-0.4, -0.2) is 67.8 Å². The highest BCUT2D eigenvalue weighted by atomic mass is 16.6. The SMILES string of the molecule is CC1CN(C(=O)CN(C)Cc2ccc3c(c2)OCCO3)CC(C)O1. The van der Waals surface area contributed by atoms with Crippen molar-refractivity contribution < 1.29 is 19.0 Å². The van der Waals surface area contributed by atoms with E-state index in [1.54, 1.807) is 0 Å². The molecule has 0 spiro atoms. The van der Waals surface area contributed by atoms with Crippen molar-refractivity contribution in [3.05, 3.63) is 23.8 Å². The number of nitrogens with zero attached hydrogens (tertiary/aromatic N) is 2. The first kappa shape index (κ1) is 17.0. The molecule has 0 bridgehead atoms. The third-order valence-electron chi connectivity index (χ3n) is 4.24. The maximum absolute atomic E-state index is 12.5. The van der Waals surface area contributed by atoms with Crippen LogP contribution in [0.4, 0.5) is 0 Å². The van der Waals surface area contributed by atoms with E-state index in [4.69, 9.17) is 14.2 Å². The Hall–Kier alpha value is -1.79. The van der Waals surface area contributed by atoms with Crippen molar-refractivity contribution in [2.75, 3.05) is 39.9 Å². The molecule has 2 atom stereocenters. The van der Waals surface area contributed by atoms with Crippen LogP contribution in [0.15, 0.2) is 18.2 Å². The summed E-state index contributed by atoms with van der Waals surface area (Å²) in [7, 11) is 1.96. The van der Waals surface area contributed by atoms with Crippen molar-refractivity contribution in [1.82, 2.24) is 9.80 Å². The lowest BCUT2D eigenvalue weighted by Crippen LogP contribution is -2.50. The summed E-state index contributed by atoms with van der Waals surface area (Å²) < 4.78 is 16.8. The van der Waals surface area contributed by atoms with E-state index in [0.29, 0.717) is 39.4 Å². The van der Waals surface area contributed by atoms with E-state index < -0.39 is 0 Å². The van der Waals surface area contributed by atoms with Gasteiger partial charge in [-0.2, -0.15) is 0 Å². The van der Waals surface area contributed by atoms with E-state index in [0.717, 1.165) is 17.1 Å². The maximum Gasteiger partial charge on any atom is 0.236 e. The zero-order chi connectivity index (χ0) is 17.1. The molecule has 1 amide bonds. The average Bonchev–Trinajstić information content (AvgIpc) is 2.53. The molecule has 6 nitrogen and oxygen atoms in total. The lowest BCUT2D eigenvalue weighted by molar-refractivity contribution is -0.144. The van der Waals surface area contributed by atoms with Gasteiger partial charge in [0.1, 0.15) is 13.2 Å². The topological polar surface area (TPSA) is 51.2 Å². The summed E-state index contributed by atoms with van der Waals surface area (Å²) in [5.74, 6) is 1.73. The van der Waals surface area contributed by atoms with Gasteiger partial charge in [-0.1, -0.05) is 6.07 Å². The highest BCUT2D eigenvalue weighted by molar-refractivity contribution is 5.78. The first-order chi connectivity index (χ1) is 11.5. The molecule has 0 N–H and O–H groups in total. The predicted octanol–water partition coefficient (Wildman–Crippen LogP) is 1.53. The molecule has 1 aromatic rings. The first-order valence-corrected chi connectivity index (χ1v) is 8.51. The second-order valence-corrected chi connectivity index (χ2v) is 6.71. The molecule has 2 aliphatic rings. The van der Waals surface area contributed by atoms with Gasteiger partial charge in [-0.3, -0.25) is 9.69 Å². The highest BCUT2D eigenvalue weighted by Crippen LogP contribution is 2.31. The Kier molecular flexibility index (Phi) is 5.26. The van der Waals surface area contributed by atoms with Gasteiger partial charge in [0.2, 0.25) is 5.91 Å². The van der Waals surface area contributed by atoms with Crippen LogP contribution in [0, 0.1) is 0 Å². The lowest BCUT2D eigenvalue weighted by atomic mass is 10.2. The van der Waals surface area contributed by atoms with Gasteiger partial charge in [0.15, 0.2) is 11.5 Å². The number of amides is 1. The second kappa shape index (κ2) is 7.40. The molecule has 24 heavy (non-hydrogen) atoms. The van der Waals surface area contributed by atoms with Crippen molar-refractivity contribution in [3.8, 4) is 11.5 Å². The molecular weight excluding hydrogens is 308 g/mol. The summed E-state index contributed by atoms with van der Waals surface area (Å²) in [5, 5.41) is 0. The van der Waals surface area contributed by atoms with Crippen molar-refractivity contribution in [2.45, 2.75) is 32.6 Å². The number of rotatable bonds is 4. The van der Waals surface area contributed by atoms with Crippen molar-refractivity contribution >= 4 is 5.91 Å². The van der Waals surface area contributed by atoms with Gasteiger partial charge in [-0.15, -0.1) is 0 Å². The number of likely N-dealkylation sites (N-methyl/N-ethyl adjacent to an activating group) is 1. The number of carbonyl (C=O) groups is 1. The Morgan fingerprint density at radius 3 is 2.54 bits per heavy atom. The van der Waals surface area contributed by atoms with E-state index in [9.17, 15) is 4.79 Å². The normalized spacial score (nSPS) is 23.4. The molecule has 2 unspecified atom stereocenters. The van der Waals surface area contributed by atoms with E-state index in [1.165, 1.54) is 0 Å². The Bertz CT molecular complexity index is 582. The summed E-state index contributed by atoms with van der Waals surface area (Å²) in [4.78, 5) is 16.4. The van der Waals surface area contributed by atoms with Crippen molar-refractivity contribution in [1.29, 1.82) is 0 Å². The Balaban J connectivity index is 1.55. The van der Waals surface area contributed by atoms with Crippen molar-refractivity contribution in [2.24, 2.45) is 0 Å². The Morgan fingerprint density at radius 2 is 1.83 bits per heavy atom. The van der Waals surface area contributed by atoms with Gasteiger partial charge in [0, 0.05) is 19.6 Å². The predicted molar refractivity (Wildman–Crippen MR) is 90.4 cm³/mol. The number of hydrogen-bond donors (Lipinski definition) is 0. The minimum Gasteiger partial charge on any atom is -0.486 e. The maximum atomic E-state index is 12.5. The van der Waals surface area contributed by atoms with Gasteiger partial charge < -0.3 is 19.1 Å². The van der Waals surface area contributed by atoms with Crippen LogP contribution in [0.2, 0.25) is 0 Å². The second-order valence-electron chi connectivity index (χ2n) is 6.71. The van der Waals surface area contributed by atoms with E-state index >= 15 is 0 Å². The molecule has 0 saturated carbocycles. The number of benzene rings is 1. The minimum absolute atomic E-state index is 0.0980. The molecular formula is C18H26N2O4. The van der Waals surface area contributed by atoms with E-state index in [1.807, 2.05) is 48.9 Å². The average molecular weight is 334 g/mol. The molecule has 0 aliphatic carbocycles. The van der Waals surface area contributed by atoms with E-state index in [2.05, 4.69) is 0 Å². The number of ether oxygens (including phenoxy) is 3. The van der Waals surface area contributed by atoms with Gasteiger partial charge >= 0.3 is 0 Å². The molecule has 132 valence electrons. The molecule has 3 rings (SSSR count). The van der Waals surface area contributed by atoms with Crippen LogP contribution < -0.4 is 9.47 Å². The molecule has 0 aromatic heterocycles. The summed E-state index contributed by atoms with van der Waals surface area (Å²) in [6.45, 7) is 7.62. The summed E-state index contributed by atoms with van der Waals surface area (Å²) in [6, 6.07) is 5.95.